The summed E-state index contributed by atoms with van der Waals surface area (Å²) in [6.45, 7) is 0. The van der Waals surface area contributed by atoms with E-state index in [-0.39, 0.29) is 18.2 Å². The molecule has 18 heavy (non-hydrogen) atoms. The lowest BCUT2D eigenvalue weighted by Crippen LogP contribution is -2.09. The van der Waals surface area contributed by atoms with Crippen molar-refractivity contribution in [3.8, 4) is 0 Å². The number of benzene rings is 1. The summed E-state index contributed by atoms with van der Waals surface area (Å²) in [4.78, 5) is 11.9. The Labute approximate surface area is 109 Å². The summed E-state index contributed by atoms with van der Waals surface area (Å²) >= 11 is 1.51. The van der Waals surface area contributed by atoms with Crippen molar-refractivity contribution >= 4 is 17.3 Å². The number of hydrogen-bond donors (Lipinski definition) is 1. The first kappa shape index (κ1) is 12.8. The number of carbonyl (C=O) groups is 1. The smallest absolute Gasteiger partial charge is 0.304 e. The average Bonchev–Trinajstić information content (AvgIpc) is 2.84. The summed E-state index contributed by atoms with van der Waals surface area (Å²) < 4.78 is 13.6. The van der Waals surface area contributed by atoms with Gasteiger partial charge in [-0.05, 0) is 29.5 Å². The predicted octanol–water partition coefficient (Wildman–Crippen LogP) is 3.69. The second-order valence-electron chi connectivity index (χ2n) is 4.11. The normalized spacial score (nSPS) is 12.3. The molecule has 0 saturated heterocycles. The second kappa shape index (κ2) is 5.78. The summed E-state index contributed by atoms with van der Waals surface area (Å²) in [5.41, 5.74) is 0.567. The Morgan fingerprint density at radius 3 is 2.67 bits per heavy atom. The molecule has 2 aromatic rings. The second-order valence-corrected chi connectivity index (χ2v) is 5.09. The molecule has 1 heterocycles. The van der Waals surface area contributed by atoms with Gasteiger partial charge < -0.3 is 5.11 Å². The van der Waals surface area contributed by atoms with Crippen LogP contribution < -0.4 is 0 Å². The molecule has 1 aromatic carbocycles. The van der Waals surface area contributed by atoms with E-state index >= 15 is 0 Å². The lowest BCUT2D eigenvalue weighted by Gasteiger charge is -2.13. The van der Waals surface area contributed by atoms with E-state index < -0.39 is 5.97 Å². The average molecular weight is 264 g/mol. The molecular formula is C14H13FO2S. The summed E-state index contributed by atoms with van der Waals surface area (Å²) in [7, 11) is 0. The van der Waals surface area contributed by atoms with E-state index in [9.17, 15) is 9.18 Å². The minimum Gasteiger partial charge on any atom is -0.481 e. The molecule has 0 bridgehead atoms. The SMILES string of the molecule is O=C(O)CC(Cc1ccccc1F)c1cccs1. The van der Waals surface area contributed by atoms with Gasteiger partial charge in [-0.3, -0.25) is 4.79 Å². The summed E-state index contributed by atoms with van der Waals surface area (Å²) in [5, 5.41) is 10.8. The molecule has 0 aliphatic carbocycles. The number of carboxylic acid groups (broad SMARTS) is 1. The molecule has 0 radical (unpaired) electrons. The Hall–Kier alpha value is -1.68. The first-order chi connectivity index (χ1) is 8.66. The number of aliphatic carboxylic acids is 1. The molecule has 1 unspecified atom stereocenters. The fourth-order valence-corrected chi connectivity index (χ4v) is 2.77. The highest BCUT2D eigenvalue weighted by atomic mass is 32.1. The zero-order valence-corrected chi connectivity index (χ0v) is 10.5. The van der Waals surface area contributed by atoms with Crippen LogP contribution in [0.2, 0.25) is 0 Å². The van der Waals surface area contributed by atoms with Crippen LogP contribution in [0.1, 0.15) is 22.8 Å². The number of rotatable bonds is 5. The zero-order valence-electron chi connectivity index (χ0n) is 9.67. The van der Waals surface area contributed by atoms with Crippen molar-refractivity contribution in [2.24, 2.45) is 0 Å². The van der Waals surface area contributed by atoms with Gasteiger partial charge in [0.15, 0.2) is 0 Å². The monoisotopic (exact) mass is 264 g/mol. The largest absolute Gasteiger partial charge is 0.481 e. The first-order valence-electron chi connectivity index (χ1n) is 5.65. The minimum atomic E-state index is -0.857. The number of hydrogen-bond acceptors (Lipinski definition) is 2. The van der Waals surface area contributed by atoms with Gasteiger partial charge in [-0.25, -0.2) is 4.39 Å². The Morgan fingerprint density at radius 2 is 2.06 bits per heavy atom. The lowest BCUT2D eigenvalue weighted by atomic mass is 9.94. The molecule has 0 fully saturated rings. The molecule has 1 atom stereocenters. The molecule has 2 nitrogen and oxygen atoms in total. The van der Waals surface area contributed by atoms with E-state index in [1.165, 1.54) is 17.4 Å². The first-order valence-corrected chi connectivity index (χ1v) is 6.53. The van der Waals surface area contributed by atoms with Gasteiger partial charge in [0, 0.05) is 10.8 Å². The topological polar surface area (TPSA) is 37.3 Å². The van der Waals surface area contributed by atoms with Crippen molar-refractivity contribution in [2.45, 2.75) is 18.8 Å². The fraction of sp³-hybridized carbons (Fsp3) is 0.214. The third-order valence-corrected chi connectivity index (χ3v) is 3.83. The van der Waals surface area contributed by atoms with E-state index in [1.54, 1.807) is 18.2 Å². The van der Waals surface area contributed by atoms with Crippen LogP contribution in [0.15, 0.2) is 41.8 Å². The van der Waals surface area contributed by atoms with Crippen LogP contribution in [0.4, 0.5) is 4.39 Å². The van der Waals surface area contributed by atoms with Gasteiger partial charge in [0.05, 0.1) is 6.42 Å². The maximum Gasteiger partial charge on any atom is 0.304 e. The molecule has 0 saturated carbocycles. The standard InChI is InChI=1S/C14H13FO2S/c15-12-5-2-1-4-10(12)8-11(9-14(16)17)13-6-3-7-18-13/h1-7,11H,8-9H2,(H,16,17). The van der Waals surface area contributed by atoms with Crippen LogP contribution in [0.25, 0.3) is 0 Å². The Bertz CT molecular complexity index is 522. The van der Waals surface area contributed by atoms with Crippen LogP contribution >= 0.6 is 11.3 Å². The Morgan fingerprint density at radius 1 is 1.28 bits per heavy atom. The summed E-state index contributed by atoms with van der Waals surface area (Å²) in [6, 6.07) is 10.3. The molecule has 1 N–H and O–H groups in total. The van der Waals surface area contributed by atoms with Crippen molar-refractivity contribution in [3.05, 3.63) is 58.0 Å². The van der Waals surface area contributed by atoms with Gasteiger partial charge in [0.1, 0.15) is 5.82 Å². The molecule has 2 rings (SSSR count). The quantitative estimate of drug-likeness (QED) is 0.894. The van der Waals surface area contributed by atoms with E-state index in [2.05, 4.69) is 0 Å². The Balaban J connectivity index is 2.20. The molecule has 0 aliphatic rings. The number of thiophene rings is 1. The highest BCUT2D eigenvalue weighted by Crippen LogP contribution is 2.28. The fourth-order valence-electron chi connectivity index (χ4n) is 1.94. The predicted molar refractivity (Wildman–Crippen MR) is 69.4 cm³/mol. The van der Waals surface area contributed by atoms with E-state index in [0.29, 0.717) is 12.0 Å². The van der Waals surface area contributed by atoms with Gasteiger partial charge in [0.25, 0.3) is 0 Å². The minimum absolute atomic E-state index is 0.0227. The van der Waals surface area contributed by atoms with E-state index in [1.807, 2.05) is 17.5 Å². The van der Waals surface area contributed by atoms with Crippen molar-refractivity contribution < 1.29 is 14.3 Å². The highest BCUT2D eigenvalue weighted by Gasteiger charge is 2.18. The van der Waals surface area contributed by atoms with Crippen LogP contribution in [0.3, 0.4) is 0 Å². The molecule has 94 valence electrons. The van der Waals surface area contributed by atoms with Gasteiger partial charge in [-0.2, -0.15) is 0 Å². The summed E-state index contributed by atoms with van der Waals surface area (Å²) in [6.07, 6.45) is 0.439. The van der Waals surface area contributed by atoms with Crippen LogP contribution in [0.5, 0.6) is 0 Å². The lowest BCUT2D eigenvalue weighted by molar-refractivity contribution is -0.137. The van der Waals surface area contributed by atoms with E-state index in [4.69, 9.17) is 5.11 Å². The third kappa shape index (κ3) is 3.17. The molecule has 0 aliphatic heterocycles. The zero-order chi connectivity index (χ0) is 13.0. The van der Waals surface area contributed by atoms with Gasteiger partial charge >= 0.3 is 5.97 Å². The Kier molecular flexibility index (Phi) is 4.10. The van der Waals surface area contributed by atoms with E-state index in [0.717, 1.165) is 4.88 Å². The van der Waals surface area contributed by atoms with Crippen molar-refractivity contribution in [1.82, 2.24) is 0 Å². The number of halogens is 1. The third-order valence-electron chi connectivity index (χ3n) is 2.79. The van der Waals surface area contributed by atoms with Gasteiger partial charge in [-0.15, -0.1) is 11.3 Å². The molecule has 4 heteroatoms. The molecule has 0 spiro atoms. The van der Waals surface area contributed by atoms with Crippen LogP contribution in [-0.4, -0.2) is 11.1 Å². The number of carboxylic acids is 1. The molecule has 1 aromatic heterocycles. The van der Waals surface area contributed by atoms with Gasteiger partial charge in [-0.1, -0.05) is 24.3 Å². The maximum absolute atomic E-state index is 13.6. The van der Waals surface area contributed by atoms with Crippen molar-refractivity contribution in [2.75, 3.05) is 0 Å². The van der Waals surface area contributed by atoms with Crippen molar-refractivity contribution in [1.29, 1.82) is 0 Å². The molecule has 0 amide bonds. The highest BCUT2D eigenvalue weighted by molar-refractivity contribution is 7.10. The maximum atomic E-state index is 13.6. The summed E-state index contributed by atoms with van der Waals surface area (Å²) in [5.74, 6) is -1.30. The van der Waals surface area contributed by atoms with Gasteiger partial charge in [0.2, 0.25) is 0 Å². The van der Waals surface area contributed by atoms with Crippen molar-refractivity contribution in [3.63, 3.8) is 0 Å². The molecular weight excluding hydrogens is 251 g/mol. The van der Waals surface area contributed by atoms with Crippen LogP contribution in [0, 0.1) is 5.82 Å². The van der Waals surface area contributed by atoms with Crippen LogP contribution in [-0.2, 0) is 11.2 Å².